The van der Waals surface area contributed by atoms with E-state index in [0.29, 0.717) is 6.04 Å². The fourth-order valence-electron chi connectivity index (χ4n) is 2.12. The van der Waals surface area contributed by atoms with Crippen LogP contribution in [0.1, 0.15) is 11.8 Å². The van der Waals surface area contributed by atoms with Gasteiger partial charge in [0.1, 0.15) is 5.76 Å². The minimum absolute atomic E-state index is 0.304. The highest BCUT2D eigenvalue weighted by atomic mass is 16.3. The van der Waals surface area contributed by atoms with Crippen LogP contribution in [0.2, 0.25) is 0 Å². The van der Waals surface area contributed by atoms with Gasteiger partial charge in [-0.25, -0.2) is 0 Å². The van der Waals surface area contributed by atoms with Crippen LogP contribution in [0.3, 0.4) is 0 Å². The molecule has 2 N–H and O–H groups in total. The lowest BCUT2D eigenvalue weighted by molar-refractivity contribution is 0.367. The summed E-state index contributed by atoms with van der Waals surface area (Å²) in [5.41, 5.74) is 0. The van der Waals surface area contributed by atoms with Crippen LogP contribution in [0.25, 0.3) is 10.8 Å². The molecule has 0 radical (unpaired) electrons. The zero-order chi connectivity index (χ0) is 10.1. The van der Waals surface area contributed by atoms with Crippen molar-refractivity contribution in [3.8, 4) is 0 Å². The first kappa shape index (κ1) is 8.95. The van der Waals surface area contributed by atoms with Gasteiger partial charge in [0.05, 0.1) is 12.3 Å². The van der Waals surface area contributed by atoms with Gasteiger partial charge in [-0.05, 0) is 0 Å². The van der Waals surface area contributed by atoms with Crippen LogP contribution in [-0.4, -0.2) is 19.6 Å². The summed E-state index contributed by atoms with van der Waals surface area (Å²) in [4.78, 5) is 0. The largest absolute Gasteiger partial charge is 0.466 e. The summed E-state index contributed by atoms with van der Waals surface area (Å²) in [6, 6.07) is 8.59. The highest BCUT2D eigenvalue weighted by molar-refractivity contribution is 5.84. The molecule has 3 heteroatoms. The molecule has 1 aromatic carbocycles. The standard InChI is InChI=1S/C12H14N2O/c1-2-4-10-9(3-1)8-15-12(10)11-7-13-5-6-14-11/h1-4,8,11,13-14H,5-7H2. The van der Waals surface area contributed by atoms with Crippen LogP contribution in [0.4, 0.5) is 0 Å². The maximum absolute atomic E-state index is 5.65. The minimum Gasteiger partial charge on any atom is -0.466 e. The second-order valence-electron chi connectivity index (χ2n) is 3.90. The minimum atomic E-state index is 0.304. The van der Waals surface area contributed by atoms with E-state index in [4.69, 9.17) is 4.42 Å². The van der Waals surface area contributed by atoms with Gasteiger partial charge in [0.2, 0.25) is 0 Å². The lowest BCUT2D eigenvalue weighted by Crippen LogP contribution is -2.42. The summed E-state index contributed by atoms with van der Waals surface area (Å²) in [6.45, 7) is 2.98. The Labute approximate surface area is 88.5 Å². The SMILES string of the molecule is c1ccc2c(C3CNCCN3)occ2c1. The van der Waals surface area contributed by atoms with Gasteiger partial charge in [-0.1, -0.05) is 24.3 Å². The van der Waals surface area contributed by atoms with Crippen LogP contribution in [0, 0.1) is 0 Å². The van der Waals surface area contributed by atoms with Crippen molar-refractivity contribution >= 4 is 10.8 Å². The van der Waals surface area contributed by atoms with Crippen molar-refractivity contribution in [1.29, 1.82) is 0 Å². The summed E-state index contributed by atoms with van der Waals surface area (Å²) >= 11 is 0. The molecule has 0 bridgehead atoms. The summed E-state index contributed by atoms with van der Waals surface area (Å²) in [5.74, 6) is 1.05. The predicted molar refractivity (Wildman–Crippen MR) is 59.8 cm³/mol. The van der Waals surface area contributed by atoms with E-state index in [1.54, 1.807) is 0 Å². The molecule has 3 nitrogen and oxygen atoms in total. The van der Waals surface area contributed by atoms with E-state index >= 15 is 0 Å². The molecule has 0 aliphatic carbocycles. The molecule has 1 fully saturated rings. The number of hydrogen-bond acceptors (Lipinski definition) is 3. The molecule has 1 aliphatic heterocycles. The molecule has 3 rings (SSSR count). The number of piperazine rings is 1. The van der Waals surface area contributed by atoms with Gasteiger partial charge in [0, 0.05) is 30.4 Å². The predicted octanol–water partition coefficient (Wildman–Crippen LogP) is 1.67. The maximum Gasteiger partial charge on any atom is 0.129 e. The van der Waals surface area contributed by atoms with Crippen molar-refractivity contribution in [3.63, 3.8) is 0 Å². The first-order chi connectivity index (χ1) is 7.45. The Hall–Kier alpha value is -1.32. The lowest BCUT2D eigenvalue weighted by Gasteiger charge is -2.22. The smallest absolute Gasteiger partial charge is 0.129 e. The number of furan rings is 1. The number of hydrogen-bond donors (Lipinski definition) is 2. The van der Waals surface area contributed by atoms with Gasteiger partial charge in [-0.3, -0.25) is 0 Å². The second kappa shape index (κ2) is 3.68. The van der Waals surface area contributed by atoms with Gasteiger partial charge < -0.3 is 15.1 Å². The van der Waals surface area contributed by atoms with E-state index < -0.39 is 0 Å². The van der Waals surface area contributed by atoms with Gasteiger partial charge in [0.25, 0.3) is 0 Å². The fourth-order valence-corrected chi connectivity index (χ4v) is 2.12. The normalized spacial score (nSPS) is 22.0. The maximum atomic E-state index is 5.65. The first-order valence-electron chi connectivity index (χ1n) is 5.35. The van der Waals surface area contributed by atoms with E-state index in [2.05, 4.69) is 28.8 Å². The Morgan fingerprint density at radius 3 is 3.00 bits per heavy atom. The average Bonchev–Trinajstić information content (AvgIpc) is 2.74. The quantitative estimate of drug-likeness (QED) is 0.738. The summed E-state index contributed by atoms with van der Waals surface area (Å²) in [5, 5.41) is 9.22. The molecular formula is C12H14N2O. The molecule has 1 saturated heterocycles. The van der Waals surface area contributed by atoms with Crippen molar-refractivity contribution in [2.45, 2.75) is 6.04 Å². The van der Waals surface area contributed by atoms with Crippen LogP contribution in [0.15, 0.2) is 34.9 Å². The van der Waals surface area contributed by atoms with E-state index in [1.165, 1.54) is 10.8 Å². The van der Waals surface area contributed by atoms with Crippen molar-refractivity contribution in [2.24, 2.45) is 0 Å². The molecule has 78 valence electrons. The summed E-state index contributed by atoms with van der Waals surface area (Å²) in [6.07, 6.45) is 1.83. The Morgan fingerprint density at radius 1 is 1.20 bits per heavy atom. The van der Waals surface area contributed by atoms with Crippen molar-refractivity contribution in [2.75, 3.05) is 19.6 Å². The molecule has 2 aromatic rings. The molecule has 1 aliphatic rings. The third kappa shape index (κ3) is 1.54. The second-order valence-corrected chi connectivity index (χ2v) is 3.90. The number of rotatable bonds is 1. The number of fused-ring (bicyclic) bond motifs is 1. The average molecular weight is 202 g/mol. The highest BCUT2D eigenvalue weighted by Gasteiger charge is 2.19. The van der Waals surface area contributed by atoms with E-state index in [1.807, 2.05) is 12.3 Å². The zero-order valence-electron chi connectivity index (χ0n) is 8.49. The van der Waals surface area contributed by atoms with Gasteiger partial charge in [0.15, 0.2) is 0 Å². The molecule has 0 amide bonds. The Balaban J connectivity index is 2.02. The third-order valence-corrected chi connectivity index (χ3v) is 2.90. The van der Waals surface area contributed by atoms with Crippen molar-refractivity contribution in [3.05, 3.63) is 36.3 Å². The van der Waals surface area contributed by atoms with E-state index in [-0.39, 0.29) is 0 Å². The Kier molecular flexibility index (Phi) is 2.19. The fraction of sp³-hybridized carbons (Fsp3) is 0.333. The van der Waals surface area contributed by atoms with Gasteiger partial charge in [-0.2, -0.15) is 0 Å². The van der Waals surface area contributed by atoms with E-state index in [0.717, 1.165) is 25.4 Å². The molecule has 1 atom stereocenters. The summed E-state index contributed by atoms with van der Waals surface area (Å²) < 4.78 is 5.65. The van der Waals surface area contributed by atoms with Crippen LogP contribution in [0.5, 0.6) is 0 Å². The zero-order valence-corrected chi connectivity index (χ0v) is 8.49. The molecule has 0 spiro atoms. The van der Waals surface area contributed by atoms with Crippen LogP contribution < -0.4 is 10.6 Å². The van der Waals surface area contributed by atoms with Crippen molar-refractivity contribution in [1.82, 2.24) is 10.6 Å². The number of nitrogens with one attached hydrogen (secondary N) is 2. The molecule has 0 saturated carbocycles. The molecule has 1 unspecified atom stereocenters. The van der Waals surface area contributed by atoms with Gasteiger partial charge >= 0.3 is 0 Å². The molecular weight excluding hydrogens is 188 g/mol. The number of benzene rings is 1. The monoisotopic (exact) mass is 202 g/mol. The lowest BCUT2D eigenvalue weighted by atomic mass is 10.1. The van der Waals surface area contributed by atoms with E-state index in [9.17, 15) is 0 Å². The molecule has 15 heavy (non-hydrogen) atoms. The Morgan fingerprint density at radius 2 is 2.13 bits per heavy atom. The Bertz CT molecular complexity index is 457. The highest BCUT2D eigenvalue weighted by Crippen LogP contribution is 2.26. The van der Waals surface area contributed by atoms with Crippen LogP contribution >= 0.6 is 0 Å². The molecule has 2 heterocycles. The third-order valence-electron chi connectivity index (χ3n) is 2.90. The topological polar surface area (TPSA) is 37.2 Å². The van der Waals surface area contributed by atoms with Crippen molar-refractivity contribution < 1.29 is 4.42 Å². The van der Waals surface area contributed by atoms with Gasteiger partial charge in [-0.15, -0.1) is 0 Å². The first-order valence-corrected chi connectivity index (χ1v) is 5.35. The summed E-state index contributed by atoms with van der Waals surface area (Å²) in [7, 11) is 0. The van der Waals surface area contributed by atoms with Crippen LogP contribution in [-0.2, 0) is 0 Å². The molecule has 1 aromatic heterocycles.